The number of nitrogens with one attached hydrogen (secondary N) is 1. The summed E-state index contributed by atoms with van der Waals surface area (Å²) in [5.74, 6) is 0. The molecule has 2 amide bonds. The molecule has 2 atom stereocenters. The lowest BCUT2D eigenvalue weighted by Gasteiger charge is -2.37. The molecule has 0 spiro atoms. The molecule has 0 aliphatic carbocycles. The van der Waals surface area contributed by atoms with Gasteiger partial charge in [0.05, 0.1) is 0 Å². The number of likely N-dealkylation sites (N-methyl/N-ethyl adjacent to an activating group) is 1. The number of benzene rings is 1. The fraction of sp³-hybridized carbons (Fsp3) is 0.533. The average Bonchev–Trinajstić information content (AvgIpc) is 2.42. The lowest BCUT2D eigenvalue weighted by atomic mass is 10.1. The van der Waals surface area contributed by atoms with Crippen molar-refractivity contribution < 1.29 is 4.79 Å². The molecule has 1 aromatic rings. The first kappa shape index (κ1) is 14.8. The number of hydrogen-bond acceptors (Lipinski definition) is 3. The normalized spacial score (nSPS) is 21.6. The first-order valence-corrected chi connectivity index (χ1v) is 7.09. The van der Waals surface area contributed by atoms with Gasteiger partial charge in [0.25, 0.3) is 0 Å². The summed E-state index contributed by atoms with van der Waals surface area (Å²) in [6.07, 6.45) is 0. The van der Waals surface area contributed by atoms with Crippen molar-refractivity contribution >= 4 is 11.7 Å². The maximum atomic E-state index is 12.2. The molecular formula is C15H24N4O. The van der Waals surface area contributed by atoms with Crippen molar-refractivity contribution in [3.8, 4) is 0 Å². The highest BCUT2D eigenvalue weighted by Crippen LogP contribution is 2.15. The second-order valence-electron chi connectivity index (χ2n) is 5.62. The van der Waals surface area contributed by atoms with Gasteiger partial charge in [0.15, 0.2) is 0 Å². The topological polar surface area (TPSA) is 61.6 Å². The molecule has 1 aliphatic rings. The predicted molar refractivity (Wildman–Crippen MR) is 81.7 cm³/mol. The van der Waals surface area contributed by atoms with Gasteiger partial charge < -0.3 is 20.9 Å². The van der Waals surface area contributed by atoms with Crippen LogP contribution in [0, 0.1) is 0 Å². The number of amides is 2. The highest BCUT2D eigenvalue weighted by Gasteiger charge is 2.24. The van der Waals surface area contributed by atoms with E-state index in [0.717, 1.165) is 30.9 Å². The highest BCUT2D eigenvalue weighted by molar-refractivity contribution is 5.89. The summed E-state index contributed by atoms with van der Waals surface area (Å²) in [6, 6.07) is 8.08. The first-order chi connectivity index (χ1) is 9.47. The Hall–Kier alpha value is -1.59. The fourth-order valence-corrected chi connectivity index (χ4v) is 2.31. The lowest BCUT2D eigenvalue weighted by molar-refractivity contribution is 0.125. The van der Waals surface area contributed by atoms with E-state index in [2.05, 4.69) is 24.2 Å². The quantitative estimate of drug-likeness (QED) is 0.867. The Labute approximate surface area is 120 Å². The minimum Gasteiger partial charge on any atom is -0.324 e. The number of piperazine rings is 1. The van der Waals surface area contributed by atoms with Crippen molar-refractivity contribution in [3.05, 3.63) is 29.8 Å². The number of nitrogens with zero attached hydrogens (tertiary/aromatic N) is 2. The van der Waals surface area contributed by atoms with Crippen molar-refractivity contribution in [1.29, 1.82) is 0 Å². The van der Waals surface area contributed by atoms with Crippen LogP contribution in [-0.2, 0) is 0 Å². The van der Waals surface area contributed by atoms with Gasteiger partial charge in [-0.1, -0.05) is 12.1 Å². The van der Waals surface area contributed by atoms with Crippen LogP contribution in [0.5, 0.6) is 0 Å². The third kappa shape index (κ3) is 3.49. The lowest BCUT2D eigenvalue weighted by Crippen LogP contribution is -2.53. The molecule has 1 saturated heterocycles. The average molecular weight is 276 g/mol. The number of hydrogen-bond donors (Lipinski definition) is 2. The summed E-state index contributed by atoms with van der Waals surface area (Å²) in [5.41, 5.74) is 7.69. The molecular weight excluding hydrogens is 252 g/mol. The van der Waals surface area contributed by atoms with Crippen LogP contribution in [0.4, 0.5) is 10.5 Å². The Bertz CT molecular complexity index is 457. The van der Waals surface area contributed by atoms with E-state index in [9.17, 15) is 4.79 Å². The van der Waals surface area contributed by atoms with E-state index in [4.69, 9.17) is 5.73 Å². The van der Waals surface area contributed by atoms with Crippen LogP contribution in [-0.4, -0.2) is 48.6 Å². The summed E-state index contributed by atoms with van der Waals surface area (Å²) >= 11 is 0. The maximum Gasteiger partial charge on any atom is 0.321 e. The Morgan fingerprint density at radius 2 is 2.00 bits per heavy atom. The van der Waals surface area contributed by atoms with E-state index < -0.39 is 0 Å². The third-order valence-electron chi connectivity index (χ3n) is 3.93. The molecule has 1 fully saturated rings. The minimum absolute atomic E-state index is 0.0123. The van der Waals surface area contributed by atoms with Gasteiger partial charge >= 0.3 is 6.03 Å². The Morgan fingerprint density at radius 1 is 1.35 bits per heavy atom. The van der Waals surface area contributed by atoms with Gasteiger partial charge in [-0.2, -0.15) is 0 Å². The predicted octanol–water partition coefficient (Wildman–Crippen LogP) is 1.87. The number of nitrogens with two attached hydrogens (primary N) is 1. The summed E-state index contributed by atoms with van der Waals surface area (Å²) < 4.78 is 0. The molecule has 5 heteroatoms. The molecule has 0 saturated carbocycles. The van der Waals surface area contributed by atoms with Crippen molar-refractivity contribution in [2.24, 2.45) is 5.73 Å². The largest absolute Gasteiger partial charge is 0.324 e. The van der Waals surface area contributed by atoms with Crippen LogP contribution >= 0.6 is 0 Å². The zero-order valence-corrected chi connectivity index (χ0v) is 12.5. The first-order valence-electron chi connectivity index (χ1n) is 7.09. The van der Waals surface area contributed by atoms with E-state index in [1.807, 2.05) is 36.1 Å². The zero-order valence-electron chi connectivity index (χ0n) is 12.5. The zero-order chi connectivity index (χ0) is 14.7. The fourth-order valence-electron chi connectivity index (χ4n) is 2.31. The Balaban J connectivity index is 1.94. The summed E-state index contributed by atoms with van der Waals surface area (Å²) in [7, 11) is 2.09. The van der Waals surface area contributed by atoms with E-state index in [0.29, 0.717) is 6.04 Å². The molecule has 1 heterocycles. The van der Waals surface area contributed by atoms with Crippen molar-refractivity contribution in [3.63, 3.8) is 0 Å². The summed E-state index contributed by atoms with van der Waals surface area (Å²) in [5, 5.41) is 2.94. The molecule has 3 N–H and O–H groups in total. The van der Waals surface area contributed by atoms with Gasteiger partial charge in [0.1, 0.15) is 0 Å². The van der Waals surface area contributed by atoms with E-state index in [1.54, 1.807) is 0 Å². The second kappa shape index (κ2) is 6.24. The van der Waals surface area contributed by atoms with Crippen LogP contribution in [0.15, 0.2) is 24.3 Å². The van der Waals surface area contributed by atoms with E-state index >= 15 is 0 Å². The van der Waals surface area contributed by atoms with Gasteiger partial charge in [-0.3, -0.25) is 0 Å². The van der Waals surface area contributed by atoms with Crippen LogP contribution in [0.1, 0.15) is 25.5 Å². The second-order valence-corrected chi connectivity index (χ2v) is 5.62. The molecule has 2 rings (SSSR count). The monoisotopic (exact) mass is 276 g/mol. The third-order valence-corrected chi connectivity index (χ3v) is 3.93. The van der Waals surface area contributed by atoms with Gasteiger partial charge in [0.2, 0.25) is 0 Å². The van der Waals surface area contributed by atoms with Crippen LogP contribution in [0.3, 0.4) is 0 Å². The van der Waals surface area contributed by atoms with Gasteiger partial charge in [-0.25, -0.2) is 4.79 Å². The van der Waals surface area contributed by atoms with E-state index in [1.165, 1.54) is 0 Å². The van der Waals surface area contributed by atoms with Crippen molar-refractivity contribution in [2.45, 2.75) is 25.9 Å². The molecule has 20 heavy (non-hydrogen) atoms. The summed E-state index contributed by atoms with van der Waals surface area (Å²) in [6.45, 7) is 6.53. The molecule has 1 aromatic carbocycles. The van der Waals surface area contributed by atoms with Crippen molar-refractivity contribution in [2.75, 3.05) is 32.0 Å². The molecule has 5 nitrogen and oxygen atoms in total. The van der Waals surface area contributed by atoms with Crippen LogP contribution in [0.2, 0.25) is 0 Å². The summed E-state index contributed by atoms with van der Waals surface area (Å²) in [4.78, 5) is 16.3. The van der Waals surface area contributed by atoms with Gasteiger partial charge in [-0.05, 0) is 38.6 Å². The molecule has 1 aliphatic heterocycles. The smallest absolute Gasteiger partial charge is 0.321 e. The number of carbonyl (C=O) groups excluding carboxylic acids is 1. The van der Waals surface area contributed by atoms with Crippen LogP contribution < -0.4 is 11.1 Å². The van der Waals surface area contributed by atoms with Gasteiger partial charge in [0, 0.05) is 37.4 Å². The molecule has 110 valence electrons. The SMILES string of the molecule is CC(N)c1ccc(NC(=O)N2CCN(C)C(C)C2)cc1. The molecule has 0 bridgehead atoms. The molecule has 0 radical (unpaired) electrons. The minimum atomic E-state index is -0.0292. The van der Waals surface area contributed by atoms with Gasteiger partial charge in [-0.15, -0.1) is 0 Å². The number of anilines is 1. The highest BCUT2D eigenvalue weighted by atomic mass is 16.2. The Morgan fingerprint density at radius 3 is 2.55 bits per heavy atom. The molecule has 2 unspecified atom stereocenters. The number of urea groups is 1. The van der Waals surface area contributed by atoms with Crippen molar-refractivity contribution in [1.82, 2.24) is 9.80 Å². The van der Waals surface area contributed by atoms with Crippen LogP contribution in [0.25, 0.3) is 0 Å². The molecule has 0 aromatic heterocycles. The standard InChI is InChI=1S/C15H24N4O/c1-11-10-19(9-8-18(11)3)15(20)17-14-6-4-13(5-7-14)12(2)16/h4-7,11-12H,8-10,16H2,1-3H3,(H,17,20). The van der Waals surface area contributed by atoms with E-state index in [-0.39, 0.29) is 12.1 Å². The number of rotatable bonds is 2. The Kier molecular flexibility index (Phi) is 4.62. The number of carbonyl (C=O) groups is 1. The maximum absolute atomic E-state index is 12.2.